The van der Waals surface area contributed by atoms with Crippen LogP contribution >= 0.6 is 0 Å². The largest absolute Gasteiger partial charge is 0.396 e. The Morgan fingerprint density at radius 2 is 1.00 bits per heavy atom. The van der Waals surface area contributed by atoms with Crippen molar-refractivity contribution in [3.05, 3.63) is 0 Å². The van der Waals surface area contributed by atoms with Crippen molar-refractivity contribution in [3.63, 3.8) is 0 Å². The van der Waals surface area contributed by atoms with Gasteiger partial charge in [-0.1, -0.05) is 20.8 Å². The molecule has 162 valence electrons. The molecule has 0 aromatic heterocycles. The maximum Gasteiger partial charge on any atom is 0.123 e. The molecular formula is C16H38O10. The molecule has 0 saturated heterocycles. The fourth-order valence-electron chi connectivity index (χ4n) is 1.89. The molecule has 0 bridgehead atoms. The summed E-state index contributed by atoms with van der Waals surface area (Å²) in [6.45, 7) is 0.782. The van der Waals surface area contributed by atoms with E-state index in [9.17, 15) is 10.2 Å². The van der Waals surface area contributed by atoms with Crippen molar-refractivity contribution in [2.24, 2.45) is 10.8 Å². The molecule has 1 atom stereocenters. The van der Waals surface area contributed by atoms with Crippen molar-refractivity contribution >= 4 is 0 Å². The fourth-order valence-corrected chi connectivity index (χ4v) is 1.89. The van der Waals surface area contributed by atoms with Crippen LogP contribution in [-0.2, 0) is 0 Å². The average molecular weight is 390 g/mol. The molecule has 0 radical (unpaired) electrons. The van der Waals surface area contributed by atoms with Gasteiger partial charge >= 0.3 is 0 Å². The third-order valence-corrected chi connectivity index (χ3v) is 4.58. The lowest BCUT2D eigenvalue weighted by molar-refractivity contribution is -0.220. The monoisotopic (exact) mass is 390 g/mol. The van der Waals surface area contributed by atoms with E-state index in [4.69, 9.17) is 40.9 Å². The highest BCUT2D eigenvalue weighted by Gasteiger charge is 2.54. The molecule has 10 heteroatoms. The molecule has 10 nitrogen and oxygen atoms in total. The Hall–Kier alpha value is -0.400. The number of aliphatic hydroxyl groups excluding tert-OH is 9. The summed E-state index contributed by atoms with van der Waals surface area (Å²) in [7, 11) is 0. The lowest BCUT2D eigenvalue weighted by Crippen LogP contribution is -2.64. The highest BCUT2D eigenvalue weighted by molar-refractivity contribution is 5.02. The zero-order valence-corrected chi connectivity index (χ0v) is 15.9. The van der Waals surface area contributed by atoms with Gasteiger partial charge in [-0.2, -0.15) is 0 Å². The molecule has 0 saturated carbocycles. The van der Waals surface area contributed by atoms with Gasteiger partial charge in [-0.15, -0.1) is 0 Å². The normalized spacial score (nSPS) is 13.3. The molecule has 0 aliphatic heterocycles. The smallest absolute Gasteiger partial charge is 0.123 e. The second-order valence-corrected chi connectivity index (χ2v) is 5.85. The Morgan fingerprint density at radius 1 is 0.654 bits per heavy atom. The third-order valence-electron chi connectivity index (χ3n) is 4.58. The van der Waals surface area contributed by atoms with Gasteiger partial charge in [0.1, 0.15) is 5.60 Å². The minimum Gasteiger partial charge on any atom is -0.396 e. The van der Waals surface area contributed by atoms with Crippen LogP contribution in [0.4, 0.5) is 0 Å². The molecule has 0 aromatic rings. The van der Waals surface area contributed by atoms with Crippen LogP contribution in [0, 0.1) is 10.8 Å². The molecule has 26 heavy (non-hydrogen) atoms. The summed E-state index contributed by atoms with van der Waals surface area (Å²) in [6, 6.07) is 0. The summed E-state index contributed by atoms with van der Waals surface area (Å²) in [5.41, 5.74) is -4.93. The molecule has 1 unspecified atom stereocenters. The van der Waals surface area contributed by atoms with Crippen molar-refractivity contribution in [3.8, 4) is 0 Å². The van der Waals surface area contributed by atoms with Gasteiger partial charge in [0.05, 0.1) is 64.4 Å². The number of hydrogen-bond acceptors (Lipinski definition) is 10. The SMILES string of the molecule is CC.CCC(CO)(CO)CO.OCC(O)C(CO)(CO)C(O)(CO)CO. The van der Waals surface area contributed by atoms with Gasteiger partial charge in [-0.05, 0) is 6.42 Å². The first kappa shape index (κ1) is 30.3. The first-order valence-corrected chi connectivity index (χ1v) is 8.49. The van der Waals surface area contributed by atoms with Gasteiger partial charge in [-0.3, -0.25) is 0 Å². The van der Waals surface area contributed by atoms with E-state index in [0.717, 1.165) is 0 Å². The van der Waals surface area contributed by atoms with Crippen LogP contribution in [0.3, 0.4) is 0 Å². The predicted octanol–water partition coefficient (Wildman–Crippen LogP) is -3.59. The summed E-state index contributed by atoms with van der Waals surface area (Å²) in [4.78, 5) is 0. The Kier molecular flexibility index (Phi) is 18.2. The standard InChI is InChI=1S/C8H18O7.C6H14O3.C2H6/c9-1-6(14)7(2-10,3-11)8(15,4-12)5-13;1-2-6(3-7,4-8)5-9;1-2/h6,9-15H,1-5H2;7-9H,2-5H2,1H3;1-2H3. The zero-order valence-electron chi connectivity index (χ0n) is 15.9. The highest BCUT2D eigenvalue weighted by atomic mass is 16.4. The molecule has 0 spiro atoms. The quantitative estimate of drug-likeness (QED) is 0.168. The van der Waals surface area contributed by atoms with Gasteiger partial charge in [0.15, 0.2) is 0 Å². The predicted molar refractivity (Wildman–Crippen MR) is 94.1 cm³/mol. The molecule has 10 N–H and O–H groups in total. The Morgan fingerprint density at radius 3 is 1.12 bits per heavy atom. The average Bonchev–Trinajstić information content (AvgIpc) is 2.72. The molecule has 0 amide bonds. The topological polar surface area (TPSA) is 202 Å². The first-order valence-electron chi connectivity index (χ1n) is 8.49. The summed E-state index contributed by atoms with van der Waals surface area (Å²) in [6.07, 6.45) is -1.08. The van der Waals surface area contributed by atoms with Gasteiger partial charge in [0.25, 0.3) is 0 Å². The minimum absolute atomic E-state index is 0.156. The number of hydrogen-bond donors (Lipinski definition) is 10. The van der Waals surface area contributed by atoms with Crippen molar-refractivity contribution in [2.75, 3.05) is 52.9 Å². The van der Waals surface area contributed by atoms with Gasteiger partial charge in [0.2, 0.25) is 0 Å². The van der Waals surface area contributed by atoms with E-state index in [1.165, 1.54) is 0 Å². The Labute approximate surface area is 154 Å². The molecular weight excluding hydrogens is 352 g/mol. The summed E-state index contributed by atoms with van der Waals surface area (Å²) in [5, 5.41) is 89.8. The van der Waals surface area contributed by atoms with Crippen LogP contribution in [-0.4, -0.2) is 116 Å². The molecule has 0 aliphatic rings. The van der Waals surface area contributed by atoms with Gasteiger partial charge in [0, 0.05) is 5.41 Å². The first-order chi connectivity index (χ1) is 12.2. The second-order valence-electron chi connectivity index (χ2n) is 5.85. The maximum absolute atomic E-state index is 9.75. The van der Waals surface area contributed by atoms with Crippen LogP contribution in [0.15, 0.2) is 0 Å². The van der Waals surface area contributed by atoms with E-state index in [0.29, 0.717) is 6.42 Å². The van der Waals surface area contributed by atoms with Crippen LogP contribution in [0.5, 0.6) is 0 Å². The molecule has 0 fully saturated rings. The van der Waals surface area contributed by atoms with E-state index in [1.54, 1.807) is 0 Å². The molecule has 0 aromatic carbocycles. The summed E-state index contributed by atoms with van der Waals surface area (Å²) in [5.74, 6) is 0. The fraction of sp³-hybridized carbons (Fsp3) is 1.00. The maximum atomic E-state index is 9.75. The molecule has 0 heterocycles. The number of aliphatic hydroxyl groups is 10. The van der Waals surface area contributed by atoms with Crippen LogP contribution in [0.1, 0.15) is 27.2 Å². The van der Waals surface area contributed by atoms with Crippen LogP contribution in [0.25, 0.3) is 0 Å². The van der Waals surface area contributed by atoms with Gasteiger partial charge in [-0.25, -0.2) is 0 Å². The van der Waals surface area contributed by atoms with E-state index in [1.807, 2.05) is 20.8 Å². The second kappa shape index (κ2) is 15.6. The molecule has 0 aliphatic carbocycles. The van der Waals surface area contributed by atoms with Crippen LogP contribution in [0.2, 0.25) is 0 Å². The van der Waals surface area contributed by atoms with E-state index in [2.05, 4.69) is 0 Å². The van der Waals surface area contributed by atoms with Crippen molar-refractivity contribution < 1.29 is 51.1 Å². The number of rotatable bonds is 11. The lowest BCUT2D eigenvalue weighted by Gasteiger charge is -2.45. The Bertz CT molecular complexity index is 284. The van der Waals surface area contributed by atoms with E-state index >= 15 is 0 Å². The van der Waals surface area contributed by atoms with Crippen molar-refractivity contribution in [2.45, 2.75) is 38.9 Å². The van der Waals surface area contributed by atoms with Crippen molar-refractivity contribution in [1.82, 2.24) is 0 Å². The lowest BCUT2D eigenvalue weighted by atomic mass is 9.69. The molecule has 0 rings (SSSR count). The zero-order chi connectivity index (χ0) is 21.4. The van der Waals surface area contributed by atoms with Crippen molar-refractivity contribution in [1.29, 1.82) is 0 Å². The summed E-state index contributed by atoms with van der Waals surface area (Å²) >= 11 is 0. The van der Waals surface area contributed by atoms with Crippen LogP contribution < -0.4 is 0 Å². The third kappa shape index (κ3) is 7.31. The van der Waals surface area contributed by atoms with E-state index < -0.39 is 55.6 Å². The Balaban J connectivity index is -0.000000411. The van der Waals surface area contributed by atoms with E-state index in [-0.39, 0.29) is 19.8 Å². The minimum atomic E-state index is -2.28. The highest BCUT2D eigenvalue weighted by Crippen LogP contribution is 2.34. The summed E-state index contributed by atoms with van der Waals surface area (Å²) < 4.78 is 0. The van der Waals surface area contributed by atoms with Gasteiger partial charge < -0.3 is 51.1 Å².